The number of aliphatic hydroxyl groups is 1. The van der Waals surface area contributed by atoms with Gasteiger partial charge in [0.1, 0.15) is 0 Å². The van der Waals surface area contributed by atoms with E-state index in [1.807, 2.05) is 47.4 Å². The summed E-state index contributed by atoms with van der Waals surface area (Å²) in [5.74, 6) is 0.0422. The van der Waals surface area contributed by atoms with Crippen molar-refractivity contribution < 1.29 is 9.90 Å². The number of hydrogen-bond acceptors (Lipinski definition) is 2. The number of carbonyl (C=O) groups excluding carboxylic acids is 1. The average Bonchev–Trinajstić information content (AvgIpc) is 2.53. The summed E-state index contributed by atoms with van der Waals surface area (Å²) < 4.78 is 0. The smallest absolute Gasteiger partial charge is 0.254 e. The number of fused-ring (bicyclic) bond motifs is 1. The molecule has 0 radical (unpaired) electrons. The monoisotopic (exact) mass is 269 g/mol. The van der Waals surface area contributed by atoms with Gasteiger partial charge in [0, 0.05) is 12.1 Å². The number of rotatable bonds is 2. The highest BCUT2D eigenvalue weighted by Gasteiger charge is 2.27. The molecule has 0 spiro atoms. The quantitative estimate of drug-likeness (QED) is 0.910. The number of hydrogen-bond donors (Lipinski definition) is 1. The third kappa shape index (κ3) is 2.29. The van der Waals surface area contributed by atoms with E-state index in [0.29, 0.717) is 0 Å². The van der Waals surface area contributed by atoms with Gasteiger partial charge in [0.25, 0.3) is 5.91 Å². The Morgan fingerprint density at radius 3 is 2.80 bits per heavy atom. The van der Waals surface area contributed by atoms with E-state index in [4.69, 9.17) is 0 Å². The fraction of sp³-hybridized carbons (Fsp3) is 0.353. The highest BCUT2D eigenvalue weighted by atomic mass is 16.3. The first kappa shape index (κ1) is 13.1. The Hall–Kier alpha value is -1.87. The summed E-state index contributed by atoms with van der Waals surface area (Å²) in [5, 5.41) is 11.5. The average molecular weight is 269 g/mol. The number of likely N-dealkylation sites (tertiary alicyclic amines) is 1. The molecule has 2 aromatic rings. The first-order chi connectivity index (χ1) is 9.81. The maximum atomic E-state index is 12.8. The van der Waals surface area contributed by atoms with Crippen LogP contribution in [0.25, 0.3) is 10.8 Å². The summed E-state index contributed by atoms with van der Waals surface area (Å²) in [6.45, 7) is 0.795. The van der Waals surface area contributed by atoms with Gasteiger partial charge >= 0.3 is 0 Å². The summed E-state index contributed by atoms with van der Waals surface area (Å²) in [5.41, 5.74) is 0.739. The Morgan fingerprint density at radius 1 is 1.15 bits per heavy atom. The Labute approximate surface area is 118 Å². The van der Waals surface area contributed by atoms with Crippen molar-refractivity contribution in [1.29, 1.82) is 0 Å². The minimum absolute atomic E-state index is 0.0322. The molecule has 3 nitrogen and oxygen atoms in total. The van der Waals surface area contributed by atoms with Crippen LogP contribution >= 0.6 is 0 Å². The van der Waals surface area contributed by atoms with Gasteiger partial charge in [-0.25, -0.2) is 0 Å². The van der Waals surface area contributed by atoms with Crippen LogP contribution in [-0.4, -0.2) is 35.1 Å². The molecular weight excluding hydrogens is 250 g/mol. The number of piperidine rings is 1. The first-order valence-electron chi connectivity index (χ1n) is 7.21. The van der Waals surface area contributed by atoms with Gasteiger partial charge in [-0.2, -0.15) is 0 Å². The minimum Gasteiger partial charge on any atom is -0.394 e. The van der Waals surface area contributed by atoms with Gasteiger partial charge in [0.05, 0.1) is 12.6 Å². The van der Waals surface area contributed by atoms with Crippen LogP contribution < -0.4 is 0 Å². The lowest BCUT2D eigenvalue weighted by Gasteiger charge is -2.34. The highest BCUT2D eigenvalue weighted by Crippen LogP contribution is 2.24. The van der Waals surface area contributed by atoms with Crippen molar-refractivity contribution in [3.8, 4) is 0 Å². The predicted molar refractivity (Wildman–Crippen MR) is 79.7 cm³/mol. The summed E-state index contributed by atoms with van der Waals surface area (Å²) in [6, 6.07) is 13.7. The molecular formula is C17H19NO2. The molecule has 0 aromatic heterocycles. The molecule has 1 amide bonds. The van der Waals surface area contributed by atoms with Gasteiger partial charge in [-0.1, -0.05) is 36.4 Å². The Balaban J connectivity index is 1.99. The van der Waals surface area contributed by atoms with Gasteiger partial charge in [-0.15, -0.1) is 0 Å². The molecule has 104 valence electrons. The molecule has 1 aliphatic rings. The zero-order chi connectivity index (χ0) is 13.9. The molecule has 20 heavy (non-hydrogen) atoms. The van der Waals surface area contributed by atoms with Crippen molar-refractivity contribution in [2.45, 2.75) is 25.3 Å². The van der Waals surface area contributed by atoms with Gasteiger partial charge < -0.3 is 10.0 Å². The molecule has 1 atom stereocenters. The van der Waals surface area contributed by atoms with Crippen LogP contribution in [0.2, 0.25) is 0 Å². The maximum Gasteiger partial charge on any atom is 0.254 e. The molecule has 3 heteroatoms. The summed E-state index contributed by atoms with van der Waals surface area (Å²) in [6.07, 6.45) is 3.00. The largest absolute Gasteiger partial charge is 0.394 e. The topological polar surface area (TPSA) is 40.5 Å². The molecule has 2 aromatic carbocycles. The minimum atomic E-state index is -0.0322. The molecule has 1 heterocycles. The second kappa shape index (κ2) is 5.63. The van der Waals surface area contributed by atoms with Crippen LogP contribution in [0.15, 0.2) is 42.5 Å². The van der Waals surface area contributed by atoms with Crippen molar-refractivity contribution in [3.05, 3.63) is 48.0 Å². The van der Waals surface area contributed by atoms with E-state index in [2.05, 4.69) is 0 Å². The van der Waals surface area contributed by atoms with Crippen molar-refractivity contribution in [2.75, 3.05) is 13.2 Å². The van der Waals surface area contributed by atoms with E-state index >= 15 is 0 Å². The van der Waals surface area contributed by atoms with Gasteiger partial charge in [0.15, 0.2) is 0 Å². The zero-order valence-electron chi connectivity index (χ0n) is 11.5. The lowest BCUT2D eigenvalue weighted by molar-refractivity contribution is 0.0505. The van der Waals surface area contributed by atoms with Crippen LogP contribution in [-0.2, 0) is 0 Å². The zero-order valence-corrected chi connectivity index (χ0v) is 11.5. The lowest BCUT2D eigenvalue weighted by atomic mass is 9.99. The van der Waals surface area contributed by atoms with Crippen molar-refractivity contribution in [1.82, 2.24) is 4.90 Å². The van der Waals surface area contributed by atoms with Gasteiger partial charge in [-0.05, 0) is 36.1 Å². The van der Waals surface area contributed by atoms with Crippen molar-refractivity contribution in [2.24, 2.45) is 0 Å². The second-order valence-corrected chi connectivity index (χ2v) is 5.36. The SMILES string of the molecule is O=C(c1cccc2ccccc12)N1CCCCC1CO. The van der Waals surface area contributed by atoms with Crippen LogP contribution in [0, 0.1) is 0 Å². The summed E-state index contributed by atoms with van der Waals surface area (Å²) in [4.78, 5) is 14.6. The fourth-order valence-corrected chi connectivity index (χ4v) is 3.02. The van der Waals surface area contributed by atoms with E-state index in [1.54, 1.807) is 0 Å². The normalized spacial score (nSPS) is 19.2. The van der Waals surface area contributed by atoms with Crippen LogP contribution in [0.3, 0.4) is 0 Å². The van der Waals surface area contributed by atoms with Crippen LogP contribution in [0.5, 0.6) is 0 Å². The number of amides is 1. The summed E-state index contributed by atoms with van der Waals surface area (Å²) >= 11 is 0. The molecule has 0 saturated carbocycles. The molecule has 1 unspecified atom stereocenters. The van der Waals surface area contributed by atoms with E-state index < -0.39 is 0 Å². The van der Waals surface area contributed by atoms with E-state index in [1.165, 1.54) is 0 Å². The molecule has 1 saturated heterocycles. The van der Waals surface area contributed by atoms with Gasteiger partial charge in [0.2, 0.25) is 0 Å². The van der Waals surface area contributed by atoms with Crippen LogP contribution in [0.4, 0.5) is 0 Å². The first-order valence-corrected chi connectivity index (χ1v) is 7.21. The standard InChI is InChI=1S/C17H19NO2/c19-12-14-8-3-4-11-18(14)17(20)16-10-5-7-13-6-1-2-9-15(13)16/h1-2,5-7,9-10,14,19H,3-4,8,11-12H2. The molecule has 3 rings (SSSR count). The Morgan fingerprint density at radius 2 is 1.95 bits per heavy atom. The molecule has 1 aliphatic heterocycles. The highest BCUT2D eigenvalue weighted by molar-refractivity contribution is 6.07. The maximum absolute atomic E-state index is 12.8. The van der Waals surface area contributed by atoms with E-state index in [-0.39, 0.29) is 18.6 Å². The Kier molecular flexibility index (Phi) is 3.70. The second-order valence-electron chi connectivity index (χ2n) is 5.36. The van der Waals surface area contributed by atoms with E-state index in [0.717, 1.165) is 42.1 Å². The Bertz CT molecular complexity index is 618. The number of aliphatic hydroxyl groups excluding tert-OH is 1. The molecule has 1 fully saturated rings. The van der Waals surface area contributed by atoms with Crippen LogP contribution in [0.1, 0.15) is 29.6 Å². The van der Waals surface area contributed by atoms with Gasteiger partial charge in [-0.3, -0.25) is 4.79 Å². The van der Waals surface area contributed by atoms with Crippen molar-refractivity contribution >= 4 is 16.7 Å². The van der Waals surface area contributed by atoms with E-state index in [9.17, 15) is 9.90 Å². The number of nitrogens with zero attached hydrogens (tertiary/aromatic N) is 1. The fourth-order valence-electron chi connectivity index (χ4n) is 3.02. The third-order valence-corrected chi connectivity index (χ3v) is 4.12. The van der Waals surface area contributed by atoms with Crippen molar-refractivity contribution in [3.63, 3.8) is 0 Å². The molecule has 0 bridgehead atoms. The lowest BCUT2D eigenvalue weighted by Crippen LogP contribution is -2.45. The number of benzene rings is 2. The number of carbonyl (C=O) groups is 1. The summed E-state index contributed by atoms with van der Waals surface area (Å²) in [7, 11) is 0. The molecule has 0 aliphatic carbocycles. The third-order valence-electron chi connectivity index (χ3n) is 4.12. The predicted octanol–water partition coefficient (Wildman–Crippen LogP) is 2.83. The molecule has 1 N–H and O–H groups in total.